The third kappa shape index (κ3) is 2.55. The number of aromatic nitrogens is 2. The van der Waals surface area contributed by atoms with E-state index in [9.17, 15) is 4.79 Å². The van der Waals surface area contributed by atoms with Gasteiger partial charge in [-0.25, -0.2) is 4.98 Å². The fourth-order valence-corrected chi connectivity index (χ4v) is 1.53. The summed E-state index contributed by atoms with van der Waals surface area (Å²) in [7, 11) is 0. The van der Waals surface area contributed by atoms with Crippen molar-refractivity contribution in [2.75, 3.05) is 6.54 Å². The first kappa shape index (κ1) is 11.4. The molecule has 0 spiro atoms. The molecule has 0 saturated carbocycles. The molecule has 0 saturated heterocycles. The van der Waals surface area contributed by atoms with E-state index >= 15 is 0 Å². The van der Waals surface area contributed by atoms with E-state index in [1.165, 1.54) is 0 Å². The fraction of sp³-hybridized carbons (Fsp3) is 0.333. The predicted octanol–water partition coefficient (Wildman–Crippen LogP) is 1.71. The van der Waals surface area contributed by atoms with Crippen LogP contribution in [0.1, 0.15) is 30.2 Å². The molecule has 0 aliphatic heterocycles. The zero-order valence-electron chi connectivity index (χ0n) is 9.86. The van der Waals surface area contributed by atoms with Crippen LogP contribution in [0.25, 0.3) is 0 Å². The Morgan fingerprint density at radius 1 is 1.59 bits per heavy atom. The minimum absolute atomic E-state index is 0.213. The number of aromatic amines is 1. The number of amides is 1. The van der Waals surface area contributed by atoms with Crippen molar-refractivity contribution in [3.05, 3.63) is 42.4 Å². The maximum absolute atomic E-state index is 11.7. The predicted molar refractivity (Wildman–Crippen MR) is 62.7 cm³/mol. The summed E-state index contributed by atoms with van der Waals surface area (Å²) in [6.45, 7) is 4.50. The number of carbonyl (C=O) groups is 1. The average molecular weight is 233 g/mol. The summed E-state index contributed by atoms with van der Waals surface area (Å²) in [5, 5.41) is 2.82. The number of carbonyl (C=O) groups excluding carboxylic acids is 1. The SMILES string of the molecule is CC(C)(CNC(=O)c1ncc[nH]1)c1ccco1. The summed E-state index contributed by atoms with van der Waals surface area (Å²) in [6, 6.07) is 3.74. The van der Waals surface area contributed by atoms with Gasteiger partial charge in [0.2, 0.25) is 0 Å². The van der Waals surface area contributed by atoms with Crippen LogP contribution in [0.15, 0.2) is 35.2 Å². The Balaban J connectivity index is 1.96. The summed E-state index contributed by atoms with van der Waals surface area (Å²) in [5.41, 5.74) is -0.244. The first-order chi connectivity index (χ1) is 8.09. The number of rotatable bonds is 4. The Hall–Kier alpha value is -2.04. The molecule has 90 valence electrons. The van der Waals surface area contributed by atoms with Gasteiger partial charge in [0.15, 0.2) is 5.82 Å². The average Bonchev–Trinajstić information content (AvgIpc) is 2.97. The highest BCUT2D eigenvalue weighted by atomic mass is 16.3. The van der Waals surface area contributed by atoms with E-state index in [2.05, 4.69) is 15.3 Å². The summed E-state index contributed by atoms with van der Waals surface area (Å²) in [4.78, 5) is 18.3. The number of hydrogen-bond donors (Lipinski definition) is 2. The van der Waals surface area contributed by atoms with Crippen LogP contribution in [0.5, 0.6) is 0 Å². The van der Waals surface area contributed by atoms with Crippen LogP contribution in [0.2, 0.25) is 0 Å². The van der Waals surface area contributed by atoms with E-state index in [1.54, 1.807) is 18.7 Å². The van der Waals surface area contributed by atoms with Crippen LogP contribution < -0.4 is 5.32 Å². The van der Waals surface area contributed by atoms with E-state index in [1.807, 2.05) is 26.0 Å². The topological polar surface area (TPSA) is 70.9 Å². The maximum Gasteiger partial charge on any atom is 0.287 e. The number of hydrogen-bond acceptors (Lipinski definition) is 3. The third-order valence-corrected chi connectivity index (χ3v) is 2.59. The smallest absolute Gasteiger partial charge is 0.287 e. The monoisotopic (exact) mass is 233 g/mol. The molecule has 1 amide bonds. The molecule has 2 heterocycles. The molecule has 2 aromatic rings. The van der Waals surface area contributed by atoms with E-state index in [0.717, 1.165) is 5.76 Å². The van der Waals surface area contributed by atoms with Crippen LogP contribution in [-0.4, -0.2) is 22.4 Å². The van der Waals surface area contributed by atoms with Crippen LogP contribution in [0, 0.1) is 0 Å². The lowest BCUT2D eigenvalue weighted by Crippen LogP contribution is -2.36. The van der Waals surface area contributed by atoms with Gasteiger partial charge in [-0.3, -0.25) is 4.79 Å². The molecule has 0 fully saturated rings. The zero-order valence-corrected chi connectivity index (χ0v) is 9.86. The molecule has 5 heteroatoms. The van der Waals surface area contributed by atoms with E-state index in [-0.39, 0.29) is 11.3 Å². The largest absolute Gasteiger partial charge is 0.469 e. The van der Waals surface area contributed by atoms with Gasteiger partial charge in [-0.15, -0.1) is 0 Å². The summed E-state index contributed by atoms with van der Waals surface area (Å²) < 4.78 is 5.35. The van der Waals surface area contributed by atoms with E-state index in [0.29, 0.717) is 12.4 Å². The Morgan fingerprint density at radius 2 is 2.41 bits per heavy atom. The lowest BCUT2D eigenvalue weighted by atomic mass is 9.90. The Bertz CT molecular complexity index is 472. The molecule has 0 aliphatic rings. The minimum atomic E-state index is -0.244. The van der Waals surface area contributed by atoms with Gasteiger partial charge in [-0.05, 0) is 12.1 Å². The van der Waals surface area contributed by atoms with Crippen molar-refractivity contribution in [2.24, 2.45) is 0 Å². The fourth-order valence-electron chi connectivity index (χ4n) is 1.53. The first-order valence-electron chi connectivity index (χ1n) is 5.41. The second-order valence-electron chi connectivity index (χ2n) is 4.48. The summed E-state index contributed by atoms with van der Waals surface area (Å²) in [5.74, 6) is 0.951. The summed E-state index contributed by atoms with van der Waals surface area (Å²) >= 11 is 0. The quantitative estimate of drug-likeness (QED) is 0.844. The molecule has 2 rings (SSSR count). The van der Waals surface area contributed by atoms with Crippen molar-refractivity contribution in [1.29, 1.82) is 0 Å². The maximum atomic E-state index is 11.7. The van der Waals surface area contributed by atoms with Gasteiger partial charge in [0, 0.05) is 24.4 Å². The van der Waals surface area contributed by atoms with Crippen LogP contribution in [-0.2, 0) is 5.41 Å². The number of nitrogens with zero attached hydrogens (tertiary/aromatic N) is 1. The number of nitrogens with one attached hydrogen (secondary N) is 2. The normalized spacial score (nSPS) is 11.4. The van der Waals surface area contributed by atoms with Crippen molar-refractivity contribution >= 4 is 5.91 Å². The first-order valence-corrected chi connectivity index (χ1v) is 5.41. The molecule has 2 N–H and O–H groups in total. The number of imidazole rings is 1. The third-order valence-electron chi connectivity index (χ3n) is 2.59. The summed E-state index contributed by atoms with van der Waals surface area (Å²) in [6.07, 6.45) is 4.80. The van der Waals surface area contributed by atoms with Gasteiger partial charge >= 0.3 is 0 Å². The Labute approximate surface area is 99.2 Å². The van der Waals surface area contributed by atoms with Gasteiger partial charge < -0.3 is 14.7 Å². The van der Waals surface area contributed by atoms with Crippen LogP contribution in [0.4, 0.5) is 0 Å². The van der Waals surface area contributed by atoms with Gasteiger partial charge in [0.25, 0.3) is 5.91 Å². The molecule has 0 unspecified atom stereocenters. The number of H-pyrrole nitrogens is 1. The van der Waals surface area contributed by atoms with E-state index < -0.39 is 0 Å². The van der Waals surface area contributed by atoms with Crippen molar-refractivity contribution in [3.63, 3.8) is 0 Å². The lowest BCUT2D eigenvalue weighted by molar-refractivity contribution is 0.0934. The second kappa shape index (κ2) is 4.45. The highest BCUT2D eigenvalue weighted by Gasteiger charge is 2.24. The van der Waals surface area contributed by atoms with Crippen LogP contribution in [0.3, 0.4) is 0 Å². The second-order valence-corrected chi connectivity index (χ2v) is 4.48. The molecule has 0 atom stereocenters. The molecule has 0 bridgehead atoms. The molecule has 0 aliphatic carbocycles. The van der Waals surface area contributed by atoms with Gasteiger partial charge in [0.1, 0.15) is 5.76 Å². The minimum Gasteiger partial charge on any atom is -0.469 e. The van der Waals surface area contributed by atoms with Crippen molar-refractivity contribution in [3.8, 4) is 0 Å². The van der Waals surface area contributed by atoms with E-state index in [4.69, 9.17) is 4.42 Å². The standard InChI is InChI=1S/C12H15N3O2/c1-12(2,9-4-3-7-17-9)8-15-11(16)10-13-5-6-14-10/h3-7H,8H2,1-2H3,(H,13,14)(H,15,16). The molecular formula is C12H15N3O2. The van der Waals surface area contributed by atoms with Gasteiger partial charge in [0.05, 0.1) is 6.26 Å². The highest BCUT2D eigenvalue weighted by molar-refractivity contribution is 5.90. The lowest BCUT2D eigenvalue weighted by Gasteiger charge is -2.22. The molecule has 0 radical (unpaired) electrons. The zero-order chi connectivity index (χ0) is 12.3. The Kier molecular flexibility index (Phi) is 2.99. The highest BCUT2D eigenvalue weighted by Crippen LogP contribution is 2.22. The molecule has 5 nitrogen and oxygen atoms in total. The van der Waals surface area contributed by atoms with Gasteiger partial charge in [-0.2, -0.15) is 0 Å². The number of furan rings is 1. The van der Waals surface area contributed by atoms with Gasteiger partial charge in [-0.1, -0.05) is 13.8 Å². The van der Waals surface area contributed by atoms with Crippen molar-refractivity contribution in [2.45, 2.75) is 19.3 Å². The Morgan fingerprint density at radius 3 is 3.00 bits per heavy atom. The van der Waals surface area contributed by atoms with Crippen molar-refractivity contribution < 1.29 is 9.21 Å². The molecule has 0 aromatic carbocycles. The van der Waals surface area contributed by atoms with Crippen molar-refractivity contribution in [1.82, 2.24) is 15.3 Å². The molecule has 2 aromatic heterocycles. The van der Waals surface area contributed by atoms with Crippen LogP contribution >= 0.6 is 0 Å². The molecular weight excluding hydrogens is 218 g/mol. The molecule has 17 heavy (non-hydrogen) atoms.